The van der Waals surface area contributed by atoms with E-state index in [2.05, 4.69) is 5.32 Å². The summed E-state index contributed by atoms with van der Waals surface area (Å²) >= 11 is 6.00. The van der Waals surface area contributed by atoms with E-state index in [1.807, 2.05) is 31.2 Å². The van der Waals surface area contributed by atoms with Crippen LogP contribution in [0.1, 0.15) is 12.5 Å². The molecule has 0 aliphatic heterocycles. The van der Waals surface area contributed by atoms with Crippen LogP contribution in [0.2, 0.25) is 5.02 Å². The second-order valence-corrected chi connectivity index (χ2v) is 9.17. The predicted molar refractivity (Wildman–Crippen MR) is 104 cm³/mol. The standard InChI is InChI=1S/C17H21ClF3N3S/c1-4-12-6-5-7-13(10-12)24(2)17(22)23-16-11-14(8-9-15(16)18)25(3,19,20)21/h5-11,25H,4H2,1-3H3,(H2,22,23). The van der Waals surface area contributed by atoms with E-state index in [1.165, 1.54) is 6.07 Å². The van der Waals surface area contributed by atoms with Gasteiger partial charge in [-0.2, -0.15) is 11.7 Å². The van der Waals surface area contributed by atoms with Crippen molar-refractivity contribution in [1.82, 2.24) is 0 Å². The number of halogens is 4. The molecule has 0 saturated carbocycles. The van der Waals surface area contributed by atoms with Gasteiger partial charge in [0.15, 0.2) is 5.96 Å². The maximum atomic E-state index is 13.6. The largest absolute Gasteiger partial charge is 0.325 e. The number of aryl methyl sites for hydroxylation is 1. The molecular weight excluding hydrogens is 371 g/mol. The van der Waals surface area contributed by atoms with Crippen molar-refractivity contribution in [1.29, 1.82) is 5.41 Å². The van der Waals surface area contributed by atoms with Gasteiger partial charge in [-0.3, -0.25) is 5.41 Å². The number of thiol groups is 1. The molecule has 0 saturated heterocycles. The summed E-state index contributed by atoms with van der Waals surface area (Å²) in [5.74, 6) is -0.0692. The lowest BCUT2D eigenvalue weighted by Gasteiger charge is -2.34. The molecule has 25 heavy (non-hydrogen) atoms. The fourth-order valence-electron chi connectivity index (χ4n) is 2.23. The molecule has 0 bridgehead atoms. The fraction of sp³-hybridized carbons (Fsp3) is 0.235. The van der Waals surface area contributed by atoms with Crippen LogP contribution >= 0.6 is 21.9 Å². The number of nitrogens with zero attached hydrogens (tertiary/aromatic N) is 1. The molecule has 138 valence electrons. The van der Waals surface area contributed by atoms with Crippen LogP contribution in [0, 0.1) is 5.41 Å². The Bertz CT molecular complexity index is 796. The Morgan fingerprint density at radius 3 is 2.48 bits per heavy atom. The summed E-state index contributed by atoms with van der Waals surface area (Å²) in [6, 6.07) is 10.8. The van der Waals surface area contributed by atoms with Crippen molar-refractivity contribution in [2.24, 2.45) is 0 Å². The van der Waals surface area contributed by atoms with Gasteiger partial charge in [-0.1, -0.05) is 30.7 Å². The molecule has 0 heterocycles. The van der Waals surface area contributed by atoms with Gasteiger partial charge in [0, 0.05) is 23.9 Å². The quantitative estimate of drug-likeness (QED) is 0.334. The summed E-state index contributed by atoms with van der Waals surface area (Å²) < 4.78 is 40.9. The molecule has 0 amide bonds. The molecule has 2 aromatic carbocycles. The zero-order chi connectivity index (χ0) is 18.9. The van der Waals surface area contributed by atoms with E-state index in [1.54, 1.807) is 11.9 Å². The van der Waals surface area contributed by atoms with Crippen LogP contribution in [-0.4, -0.2) is 19.3 Å². The lowest BCUT2D eigenvalue weighted by molar-refractivity contribution is 0.600. The molecule has 0 aromatic heterocycles. The van der Waals surface area contributed by atoms with Crippen molar-refractivity contribution in [2.45, 2.75) is 18.2 Å². The van der Waals surface area contributed by atoms with Gasteiger partial charge >= 0.3 is 0 Å². The van der Waals surface area contributed by atoms with Gasteiger partial charge in [-0.05, 0) is 42.3 Å². The molecule has 0 atom stereocenters. The molecule has 0 radical (unpaired) electrons. The summed E-state index contributed by atoms with van der Waals surface area (Å²) in [6.07, 6.45) is 1.16. The monoisotopic (exact) mass is 391 g/mol. The summed E-state index contributed by atoms with van der Waals surface area (Å²) in [5, 5.41) is 11.0. The van der Waals surface area contributed by atoms with Crippen molar-refractivity contribution in [3.05, 3.63) is 53.1 Å². The topological polar surface area (TPSA) is 39.1 Å². The molecule has 3 nitrogen and oxygen atoms in total. The normalized spacial score (nSPS) is 13.0. The Morgan fingerprint density at radius 1 is 1.20 bits per heavy atom. The number of anilines is 2. The van der Waals surface area contributed by atoms with Crippen LogP contribution < -0.4 is 10.2 Å². The highest BCUT2D eigenvalue weighted by Gasteiger charge is 2.35. The van der Waals surface area contributed by atoms with Crippen LogP contribution in [0.25, 0.3) is 0 Å². The van der Waals surface area contributed by atoms with Gasteiger partial charge in [0.05, 0.1) is 21.0 Å². The number of rotatable bonds is 4. The van der Waals surface area contributed by atoms with Crippen LogP contribution in [0.3, 0.4) is 0 Å². The van der Waals surface area contributed by atoms with E-state index < -0.39 is 15.2 Å². The fourth-order valence-corrected chi connectivity index (χ4v) is 3.19. The maximum Gasteiger partial charge on any atom is 0.199 e. The van der Waals surface area contributed by atoms with Crippen LogP contribution in [0.15, 0.2) is 47.4 Å². The Morgan fingerprint density at radius 2 is 1.88 bits per heavy atom. The van der Waals surface area contributed by atoms with E-state index in [9.17, 15) is 11.7 Å². The van der Waals surface area contributed by atoms with Gasteiger partial charge < -0.3 is 10.2 Å². The third kappa shape index (κ3) is 4.83. The first-order valence-corrected chi connectivity index (χ1v) is 10.4. The zero-order valence-electron chi connectivity index (χ0n) is 14.2. The van der Waals surface area contributed by atoms with Gasteiger partial charge in [0.2, 0.25) is 0 Å². The third-order valence-corrected chi connectivity index (χ3v) is 5.51. The van der Waals surface area contributed by atoms with E-state index in [0.29, 0.717) is 6.26 Å². The Kier molecular flexibility index (Phi) is 5.30. The first-order valence-electron chi connectivity index (χ1n) is 7.63. The maximum absolute atomic E-state index is 13.6. The molecular formula is C17H21ClF3N3S. The minimum atomic E-state index is -6.39. The van der Waals surface area contributed by atoms with Crippen molar-refractivity contribution < 1.29 is 11.7 Å². The summed E-state index contributed by atoms with van der Waals surface area (Å²) in [4.78, 5) is 0.843. The highest BCUT2D eigenvalue weighted by atomic mass is 35.5. The number of benzene rings is 2. The molecule has 8 heteroatoms. The minimum absolute atomic E-state index is 0.0615. The second kappa shape index (κ2) is 6.80. The van der Waals surface area contributed by atoms with E-state index in [4.69, 9.17) is 17.0 Å². The molecule has 2 aromatic rings. The first-order chi connectivity index (χ1) is 11.5. The van der Waals surface area contributed by atoms with E-state index >= 15 is 0 Å². The van der Waals surface area contributed by atoms with Gasteiger partial charge in [-0.15, -0.1) is 0 Å². The first kappa shape index (κ1) is 19.5. The minimum Gasteiger partial charge on any atom is -0.325 e. The van der Waals surface area contributed by atoms with Crippen molar-refractivity contribution in [3.63, 3.8) is 0 Å². The summed E-state index contributed by atoms with van der Waals surface area (Å²) in [6.45, 7) is 2.02. The van der Waals surface area contributed by atoms with Crippen molar-refractivity contribution in [2.75, 3.05) is 23.5 Å². The highest BCUT2D eigenvalue weighted by molar-refractivity contribution is 8.37. The van der Waals surface area contributed by atoms with Crippen molar-refractivity contribution >= 4 is 39.3 Å². The molecule has 2 rings (SSSR count). The SMILES string of the molecule is CCc1cccc(N(C)C(=N)Nc2cc([SH](C)(F)(F)F)ccc2Cl)c1. The molecule has 0 aliphatic carbocycles. The Hall–Kier alpha value is -1.86. The Labute approximate surface area is 151 Å². The summed E-state index contributed by atoms with van der Waals surface area (Å²) in [7, 11) is -4.73. The van der Waals surface area contributed by atoms with Crippen LogP contribution in [0.4, 0.5) is 23.0 Å². The number of nitrogens with one attached hydrogen (secondary N) is 2. The molecule has 2 N–H and O–H groups in total. The lowest BCUT2D eigenvalue weighted by Crippen LogP contribution is -2.32. The Balaban J connectivity index is 2.26. The molecule has 0 spiro atoms. The van der Waals surface area contributed by atoms with Gasteiger partial charge in [-0.25, -0.2) is 0 Å². The lowest BCUT2D eigenvalue weighted by atomic mass is 10.1. The average Bonchev–Trinajstić information content (AvgIpc) is 2.54. The number of hydrogen-bond acceptors (Lipinski definition) is 1. The third-order valence-electron chi connectivity index (χ3n) is 3.80. The summed E-state index contributed by atoms with van der Waals surface area (Å²) in [5.41, 5.74) is 1.93. The molecule has 0 aliphatic rings. The van der Waals surface area contributed by atoms with E-state index in [-0.39, 0.29) is 16.7 Å². The number of guanidine groups is 1. The highest BCUT2D eigenvalue weighted by Crippen LogP contribution is 2.77. The molecule has 0 fully saturated rings. The predicted octanol–water partition coefficient (Wildman–Crippen LogP) is 6.10. The zero-order valence-corrected chi connectivity index (χ0v) is 15.8. The van der Waals surface area contributed by atoms with Crippen molar-refractivity contribution in [3.8, 4) is 0 Å². The smallest absolute Gasteiger partial charge is 0.199 e. The average molecular weight is 392 g/mol. The molecule has 0 unspecified atom stereocenters. The number of hydrogen-bond donors (Lipinski definition) is 3. The van der Waals surface area contributed by atoms with Gasteiger partial charge in [0.25, 0.3) is 0 Å². The van der Waals surface area contributed by atoms with Crippen LogP contribution in [0.5, 0.6) is 0 Å². The second-order valence-electron chi connectivity index (χ2n) is 5.90. The van der Waals surface area contributed by atoms with Gasteiger partial charge in [0.1, 0.15) is 0 Å². The van der Waals surface area contributed by atoms with E-state index in [0.717, 1.165) is 29.8 Å². The van der Waals surface area contributed by atoms with Crippen LogP contribution in [-0.2, 0) is 6.42 Å².